The molecule has 0 heterocycles. The van der Waals surface area contributed by atoms with Gasteiger partial charge >= 0.3 is 0 Å². The second kappa shape index (κ2) is 8.64. The molecule has 2 atom stereocenters. The first kappa shape index (κ1) is 18.2. The van der Waals surface area contributed by atoms with Crippen molar-refractivity contribution in [3.8, 4) is 5.75 Å². The Bertz CT molecular complexity index is 696. The number of hydrogen-bond acceptors (Lipinski definition) is 3. The van der Waals surface area contributed by atoms with E-state index in [-0.39, 0.29) is 18.6 Å². The molecule has 2 aromatic rings. The van der Waals surface area contributed by atoms with Crippen molar-refractivity contribution in [2.24, 2.45) is 0 Å². The van der Waals surface area contributed by atoms with Crippen LogP contribution in [0.2, 0.25) is 0 Å². The first-order chi connectivity index (χ1) is 11.5. The van der Waals surface area contributed by atoms with E-state index >= 15 is 0 Å². The van der Waals surface area contributed by atoms with Gasteiger partial charge in [-0.2, -0.15) is 0 Å². The van der Waals surface area contributed by atoms with Crippen LogP contribution < -0.4 is 10.1 Å². The fraction of sp³-hybridized carbons (Fsp3) is 0.316. The zero-order valence-corrected chi connectivity index (χ0v) is 15.1. The molecular weight excluding hydrogens is 322 g/mol. The molecule has 2 rings (SSSR count). The first-order valence-corrected chi connectivity index (χ1v) is 9.53. The third kappa shape index (κ3) is 5.20. The minimum Gasteiger partial charge on any atom is -0.483 e. The molecule has 0 saturated heterocycles. The topological polar surface area (TPSA) is 55.4 Å². The summed E-state index contributed by atoms with van der Waals surface area (Å²) < 4.78 is 17.3. The Morgan fingerprint density at radius 3 is 2.29 bits per heavy atom. The van der Waals surface area contributed by atoms with E-state index in [1.165, 1.54) is 0 Å². The van der Waals surface area contributed by atoms with Gasteiger partial charge in [-0.1, -0.05) is 48.5 Å². The summed E-state index contributed by atoms with van der Waals surface area (Å²) in [6.45, 7) is 3.84. The van der Waals surface area contributed by atoms with Gasteiger partial charge in [-0.3, -0.25) is 9.00 Å². The van der Waals surface area contributed by atoms with Crippen LogP contribution in [0.5, 0.6) is 5.75 Å². The van der Waals surface area contributed by atoms with E-state index in [1.54, 1.807) is 6.26 Å². The molecule has 0 radical (unpaired) electrons. The van der Waals surface area contributed by atoms with Crippen molar-refractivity contribution < 1.29 is 13.7 Å². The minimum atomic E-state index is -1.02. The Hall–Kier alpha value is -2.14. The highest BCUT2D eigenvalue weighted by atomic mass is 32.2. The molecule has 0 aliphatic heterocycles. The van der Waals surface area contributed by atoms with Crippen LogP contribution in [0.4, 0.5) is 0 Å². The maximum absolute atomic E-state index is 12.3. The number of para-hydroxylation sites is 1. The Labute approximate surface area is 145 Å². The number of carbonyl (C=O) groups excluding carboxylic acids is 1. The van der Waals surface area contributed by atoms with Crippen LogP contribution in [-0.2, 0) is 15.6 Å². The number of aryl methyl sites for hydroxylation is 2. The monoisotopic (exact) mass is 345 g/mol. The summed E-state index contributed by atoms with van der Waals surface area (Å²) in [6, 6.07) is 15.1. The highest BCUT2D eigenvalue weighted by Crippen LogP contribution is 2.22. The van der Waals surface area contributed by atoms with Gasteiger partial charge in [-0.15, -0.1) is 0 Å². The van der Waals surface area contributed by atoms with Crippen molar-refractivity contribution >= 4 is 16.7 Å². The molecule has 1 amide bonds. The molecule has 0 aliphatic rings. The lowest BCUT2D eigenvalue weighted by Crippen LogP contribution is -2.35. The van der Waals surface area contributed by atoms with E-state index in [0.29, 0.717) is 5.75 Å². The zero-order chi connectivity index (χ0) is 17.5. The van der Waals surface area contributed by atoms with Gasteiger partial charge in [0.05, 0.1) is 6.04 Å². The van der Waals surface area contributed by atoms with Gasteiger partial charge in [-0.25, -0.2) is 0 Å². The molecule has 2 aromatic carbocycles. The van der Waals surface area contributed by atoms with Crippen LogP contribution in [0.15, 0.2) is 48.5 Å². The molecule has 0 aromatic heterocycles. The molecule has 1 N–H and O–H groups in total. The van der Waals surface area contributed by atoms with Gasteiger partial charge in [-0.05, 0) is 30.5 Å². The standard InChI is InChI=1S/C19H23NO3S/c1-14-8-7-9-15(2)19(14)23-12-18(21)20-17(13-24(3)22)16-10-5-4-6-11-16/h4-11,17H,12-13H2,1-3H3,(H,20,21)/t17-,24+/m0/s1. The zero-order valence-electron chi connectivity index (χ0n) is 14.2. The number of benzene rings is 2. The van der Waals surface area contributed by atoms with E-state index in [2.05, 4.69) is 5.32 Å². The normalized spacial score (nSPS) is 13.1. The summed E-state index contributed by atoms with van der Waals surface area (Å²) in [5.74, 6) is 0.888. The average Bonchev–Trinajstić information content (AvgIpc) is 2.54. The van der Waals surface area contributed by atoms with Gasteiger partial charge in [0.25, 0.3) is 5.91 Å². The molecule has 4 nitrogen and oxygen atoms in total. The van der Waals surface area contributed by atoms with Crippen LogP contribution >= 0.6 is 0 Å². The molecule has 5 heteroatoms. The second-order valence-electron chi connectivity index (χ2n) is 5.78. The Morgan fingerprint density at radius 1 is 1.08 bits per heavy atom. The van der Waals surface area contributed by atoms with Crippen LogP contribution in [0, 0.1) is 13.8 Å². The fourth-order valence-electron chi connectivity index (χ4n) is 2.54. The fourth-order valence-corrected chi connectivity index (χ4v) is 3.29. The predicted molar refractivity (Wildman–Crippen MR) is 97.7 cm³/mol. The van der Waals surface area contributed by atoms with Crippen LogP contribution in [0.25, 0.3) is 0 Å². The molecule has 24 heavy (non-hydrogen) atoms. The number of rotatable bonds is 7. The number of ether oxygens (including phenoxy) is 1. The smallest absolute Gasteiger partial charge is 0.258 e. The third-order valence-corrected chi connectivity index (χ3v) is 4.50. The summed E-state index contributed by atoms with van der Waals surface area (Å²) in [5.41, 5.74) is 2.93. The van der Waals surface area contributed by atoms with Gasteiger partial charge in [0.1, 0.15) is 5.75 Å². The molecule has 0 fully saturated rings. The SMILES string of the molecule is Cc1cccc(C)c1OCC(=O)N[C@@H](C[S@@](C)=O)c1ccccc1. The van der Waals surface area contributed by atoms with E-state index in [9.17, 15) is 9.00 Å². The predicted octanol–water partition coefficient (Wildman–Crippen LogP) is 2.92. The lowest BCUT2D eigenvalue weighted by atomic mass is 10.1. The van der Waals surface area contributed by atoms with Crippen LogP contribution in [0.3, 0.4) is 0 Å². The summed E-state index contributed by atoms with van der Waals surface area (Å²) >= 11 is 0. The van der Waals surface area contributed by atoms with Gasteiger partial charge < -0.3 is 10.1 Å². The van der Waals surface area contributed by atoms with Crippen molar-refractivity contribution in [1.82, 2.24) is 5.32 Å². The molecule has 0 unspecified atom stereocenters. The molecular formula is C19H23NO3S. The lowest BCUT2D eigenvalue weighted by molar-refractivity contribution is -0.123. The minimum absolute atomic E-state index is 0.0641. The average molecular weight is 345 g/mol. The summed E-state index contributed by atoms with van der Waals surface area (Å²) in [5, 5.41) is 2.92. The Morgan fingerprint density at radius 2 is 1.71 bits per heavy atom. The van der Waals surface area contributed by atoms with Gasteiger partial charge in [0, 0.05) is 22.8 Å². The van der Waals surface area contributed by atoms with Gasteiger partial charge in [0.2, 0.25) is 0 Å². The van der Waals surface area contributed by atoms with Crippen molar-refractivity contribution in [2.45, 2.75) is 19.9 Å². The Balaban J connectivity index is 2.01. The van der Waals surface area contributed by atoms with Crippen molar-refractivity contribution in [1.29, 1.82) is 0 Å². The van der Waals surface area contributed by atoms with Crippen LogP contribution in [-0.4, -0.2) is 28.7 Å². The summed E-state index contributed by atoms with van der Waals surface area (Å²) in [4.78, 5) is 12.3. The third-order valence-electron chi connectivity index (χ3n) is 3.69. The number of amides is 1. The Kier molecular flexibility index (Phi) is 6.55. The second-order valence-corrected chi connectivity index (χ2v) is 7.26. The molecule has 0 spiro atoms. The molecule has 128 valence electrons. The van der Waals surface area contributed by atoms with E-state index < -0.39 is 10.8 Å². The number of nitrogens with one attached hydrogen (secondary N) is 1. The van der Waals surface area contributed by atoms with Gasteiger partial charge in [0.15, 0.2) is 6.61 Å². The highest BCUT2D eigenvalue weighted by molar-refractivity contribution is 7.84. The van der Waals surface area contributed by atoms with E-state index in [4.69, 9.17) is 4.74 Å². The van der Waals surface area contributed by atoms with E-state index in [0.717, 1.165) is 22.4 Å². The maximum atomic E-state index is 12.3. The quantitative estimate of drug-likeness (QED) is 0.839. The lowest BCUT2D eigenvalue weighted by Gasteiger charge is -2.19. The summed E-state index contributed by atoms with van der Waals surface area (Å²) in [7, 11) is -1.02. The van der Waals surface area contributed by atoms with Crippen LogP contribution in [0.1, 0.15) is 22.7 Å². The van der Waals surface area contributed by atoms with Crippen molar-refractivity contribution in [3.63, 3.8) is 0 Å². The highest BCUT2D eigenvalue weighted by Gasteiger charge is 2.17. The molecule has 0 aliphatic carbocycles. The van der Waals surface area contributed by atoms with Crippen molar-refractivity contribution in [2.75, 3.05) is 18.6 Å². The maximum Gasteiger partial charge on any atom is 0.258 e. The molecule has 0 saturated carbocycles. The first-order valence-electron chi connectivity index (χ1n) is 7.80. The number of carbonyl (C=O) groups is 1. The largest absolute Gasteiger partial charge is 0.483 e. The molecule has 0 bridgehead atoms. The van der Waals surface area contributed by atoms with E-state index in [1.807, 2.05) is 62.4 Å². The summed E-state index contributed by atoms with van der Waals surface area (Å²) in [6.07, 6.45) is 1.63. The van der Waals surface area contributed by atoms with Crippen molar-refractivity contribution in [3.05, 3.63) is 65.2 Å². The number of hydrogen-bond donors (Lipinski definition) is 1.